The number of rotatable bonds is 3. The molecule has 0 saturated heterocycles. The van der Waals surface area contributed by atoms with E-state index in [-0.39, 0.29) is 11.7 Å². The van der Waals surface area contributed by atoms with Gasteiger partial charge in [0.1, 0.15) is 5.82 Å². The summed E-state index contributed by atoms with van der Waals surface area (Å²) in [5.41, 5.74) is 2.54. The molecular weight excluding hydrogens is 291 g/mol. The Labute approximate surface area is 134 Å². The normalized spacial score (nSPS) is 10.7. The SMILES string of the molecule is CCN(C(=O)c1cc2ccc(F)cc2nc1C)c1ccccc1. The maximum Gasteiger partial charge on any atom is 0.260 e. The molecule has 23 heavy (non-hydrogen) atoms. The van der Waals surface area contributed by atoms with E-state index in [1.165, 1.54) is 12.1 Å². The molecule has 2 aromatic carbocycles. The van der Waals surface area contributed by atoms with E-state index in [2.05, 4.69) is 4.98 Å². The molecule has 0 aliphatic rings. The van der Waals surface area contributed by atoms with Crippen LogP contribution in [0.3, 0.4) is 0 Å². The molecule has 1 aromatic heterocycles. The fraction of sp³-hybridized carbons (Fsp3) is 0.158. The molecule has 0 bridgehead atoms. The average Bonchev–Trinajstić information content (AvgIpc) is 2.55. The fourth-order valence-electron chi connectivity index (χ4n) is 2.65. The maximum absolute atomic E-state index is 13.3. The Kier molecular flexibility index (Phi) is 4.06. The summed E-state index contributed by atoms with van der Waals surface area (Å²) in [4.78, 5) is 19.0. The lowest BCUT2D eigenvalue weighted by Crippen LogP contribution is -2.31. The maximum atomic E-state index is 13.3. The van der Waals surface area contributed by atoms with E-state index >= 15 is 0 Å². The standard InChI is InChI=1S/C19H17FN2O/c1-3-22(16-7-5-4-6-8-16)19(23)17-11-14-9-10-15(20)12-18(14)21-13(17)2/h4-12H,3H2,1-2H3. The van der Waals surface area contributed by atoms with Gasteiger partial charge in [0.2, 0.25) is 0 Å². The third-order valence-electron chi connectivity index (χ3n) is 3.83. The number of halogens is 1. The number of fused-ring (bicyclic) bond motifs is 1. The van der Waals surface area contributed by atoms with Gasteiger partial charge in [-0.1, -0.05) is 18.2 Å². The van der Waals surface area contributed by atoms with E-state index in [4.69, 9.17) is 0 Å². The topological polar surface area (TPSA) is 33.2 Å². The van der Waals surface area contributed by atoms with Crippen LogP contribution >= 0.6 is 0 Å². The average molecular weight is 308 g/mol. The zero-order chi connectivity index (χ0) is 16.4. The van der Waals surface area contributed by atoms with E-state index < -0.39 is 0 Å². The number of aryl methyl sites for hydroxylation is 1. The van der Waals surface area contributed by atoms with Gasteiger partial charge in [0.15, 0.2) is 0 Å². The van der Waals surface area contributed by atoms with Crippen molar-refractivity contribution in [2.75, 3.05) is 11.4 Å². The largest absolute Gasteiger partial charge is 0.309 e. The minimum atomic E-state index is -0.331. The van der Waals surface area contributed by atoms with Crippen molar-refractivity contribution in [1.29, 1.82) is 0 Å². The van der Waals surface area contributed by atoms with E-state index in [1.54, 1.807) is 24.0 Å². The highest BCUT2D eigenvalue weighted by atomic mass is 19.1. The molecule has 116 valence electrons. The molecule has 1 amide bonds. The second-order valence-corrected chi connectivity index (χ2v) is 5.34. The Morgan fingerprint density at radius 1 is 1.13 bits per heavy atom. The number of hydrogen-bond donors (Lipinski definition) is 0. The third kappa shape index (κ3) is 2.93. The first-order valence-electron chi connectivity index (χ1n) is 7.54. The molecule has 4 heteroatoms. The van der Waals surface area contributed by atoms with E-state index in [0.717, 1.165) is 11.1 Å². The quantitative estimate of drug-likeness (QED) is 0.720. The van der Waals surface area contributed by atoms with Crippen molar-refractivity contribution in [3.05, 3.63) is 71.7 Å². The Morgan fingerprint density at radius 2 is 1.87 bits per heavy atom. The van der Waals surface area contributed by atoms with Crippen LogP contribution in [0.4, 0.5) is 10.1 Å². The highest BCUT2D eigenvalue weighted by Gasteiger charge is 2.19. The van der Waals surface area contributed by atoms with Crippen LogP contribution in [0, 0.1) is 12.7 Å². The molecule has 0 spiro atoms. The van der Waals surface area contributed by atoms with Crippen LogP contribution in [0.2, 0.25) is 0 Å². The van der Waals surface area contributed by atoms with Gasteiger partial charge in [-0.05, 0) is 44.2 Å². The zero-order valence-electron chi connectivity index (χ0n) is 13.1. The number of aromatic nitrogens is 1. The Hall–Kier alpha value is -2.75. The Bertz CT molecular complexity index is 862. The number of carbonyl (C=O) groups excluding carboxylic acids is 1. The molecule has 3 nitrogen and oxygen atoms in total. The number of anilines is 1. The number of amides is 1. The van der Waals surface area contributed by atoms with Gasteiger partial charge in [-0.15, -0.1) is 0 Å². The molecule has 3 aromatic rings. The van der Waals surface area contributed by atoms with Gasteiger partial charge in [-0.3, -0.25) is 9.78 Å². The second kappa shape index (κ2) is 6.16. The summed E-state index contributed by atoms with van der Waals surface area (Å²) in [6, 6.07) is 15.7. The molecule has 0 unspecified atom stereocenters. The van der Waals surface area contributed by atoms with Crippen molar-refractivity contribution >= 4 is 22.5 Å². The van der Waals surface area contributed by atoms with Crippen LogP contribution in [-0.2, 0) is 0 Å². The van der Waals surface area contributed by atoms with Gasteiger partial charge < -0.3 is 4.90 Å². The predicted molar refractivity (Wildman–Crippen MR) is 90.2 cm³/mol. The highest BCUT2D eigenvalue weighted by molar-refractivity contribution is 6.08. The molecular formula is C19H17FN2O. The number of benzene rings is 2. The van der Waals surface area contributed by atoms with Gasteiger partial charge in [0, 0.05) is 23.7 Å². The van der Waals surface area contributed by atoms with Crippen molar-refractivity contribution in [1.82, 2.24) is 4.98 Å². The summed E-state index contributed by atoms with van der Waals surface area (Å²) in [6.07, 6.45) is 0. The van der Waals surface area contributed by atoms with Gasteiger partial charge in [-0.25, -0.2) is 4.39 Å². The smallest absolute Gasteiger partial charge is 0.260 e. The van der Waals surface area contributed by atoms with E-state index in [1.807, 2.05) is 37.3 Å². The lowest BCUT2D eigenvalue weighted by Gasteiger charge is -2.22. The number of pyridine rings is 1. The van der Waals surface area contributed by atoms with Crippen molar-refractivity contribution < 1.29 is 9.18 Å². The minimum absolute atomic E-state index is 0.102. The van der Waals surface area contributed by atoms with Crippen LogP contribution in [0.25, 0.3) is 10.9 Å². The van der Waals surface area contributed by atoms with Crippen LogP contribution in [0.15, 0.2) is 54.6 Å². The first-order chi connectivity index (χ1) is 11.1. The zero-order valence-corrected chi connectivity index (χ0v) is 13.1. The summed E-state index contributed by atoms with van der Waals surface area (Å²) in [5.74, 6) is -0.433. The van der Waals surface area contributed by atoms with Crippen molar-refractivity contribution in [2.45, 2.75) is 13.8 Å². The molecule has 0 aliphatic carbocycles. The lowest BCUT2D eigenvalue weighted by molar-refractivity contribution is 0.0987. The molecule has 1 heterocycles. The van der Waals surface area contributed by atoms with Gasteiger partial charge in [0.05, 0.1) is 16.8 Å². The lowest BCUT2D eigenvalue weighted by atomic mass is 10.1. The van der Waals surface area contributed by atoms with Crippen molar-refractivity contribution in [3.8, 4) is 0 Å². The van der Waals surface area contributed by atoms with E-state index in [9.17, 15) is 9.18 Å². The first kappa shape index (κ1) is 15.2. The minimum Gasteiger partial charge on any atom is -0.309 e. The molecule has 0 N–H and O–H groups in total. The summed E-state index contributed by atoms with van der Waals surface area (Å²) in [5, 5.41) is 0.754. The second-order valence-electron chi connectivity index (χ2n) is 5.34. The molecule has 0 aliphatic heterocycles. The monoisotopic (exact) mass is 308 g/mol. The molecule has 0 atom stereocenters. The Morgan fingerprint density at radius 3 is 2.57 bits per heavy atom. The molecule has 0 fully saturated rings. The molecule has 0 radical (unpaired) electrons. The number of hydrogen-bond acceptors (Lipinski definition) is 2. The summed E-state index contributed by atoms with van der Waals surface area (Å²) in [7, 11) is 0. The highest BCUT2D eigenvalue weighted by Crippen LogP contribution is 2.22. The van der Waals surface area contributed by atoms with E-state index in [0.29, 0.717) is 23.3 Å². The van der Waals surface area contributed by atoms with Gasteiger partial charge in [-0.2, -0.15) is 0 Å². The summed E-state index contributed by atoms with van der Waals surface area (Å²) in [6.45, 7) is 4.27. The van der Waals surface area contributed by atoms with Crippen LogP contribution in [0.5, 0.6) is 0 Å². The summed E-state index contributed by atoms with van der Waals surface area (Å²) >= 11 is 0. The van der Waals surface area contributed by atoms with Gasteiger partial charge >= 0.3 is 0 Å². The van der Waals surface area contributed by atoms with Crippen LogP contribution < -0.4 is 4.90 Å². The van der Waals surface area contributed by atoms with Crippen LogP contribution in [0.1, 0.15) is 23.0 Å². The van der Waals surface area contributed by atoms with Crippen LogP contribution in [-0.4, -0.2) is 17.4 Å². The van der Waals surface area contributed by atoms with Crippen molar-refractivity contribution in [2.24, 2.45) is 0 Å². The number of carbonyl (C=O) groups is 1. The summed E-state index contributed by atoms with van der Waals surface area (Å²) < 4.78 is 13.3. The number of nitrogens with zero attached hydrogens (tertiary/aromatic N) is 2. The first-order valence-corrected chi connectivity index (χ1v) is 7.54. The third-order valence-corrected chi connectivity index (χ3v) is 3.83. The molecule has 3 rings (SSSR count). The Balaban J connectivity index is 2.06. The van der Waals surface area contributed by atoms with Gasteiger partial charge in [0.25, 0.3) is 5.91 Å². The fourth-order valence-corrected chi connectivity index (χ4v) is 2.65. The predicted octanol–water partition coefficient (Wildman–Crippen LogP) is 4.35. The molecule has 0 saturated carbocycles. The van der Waals surface area contributed by atoms with Crippen molar-refractivity contribution in [3.63, 3.8) is 0 Å². The number of para-hydroxylation sites is 1.